The first-order valence-corrected chi connectivity index (χ1v) is 9.83. The molecular formula is C19H19BrN2O2S. The molecule has 0 aliphatic carbocycles. The van der Waals surface area contributed by atoms with Crippen LogP contribution in [0.3, 0.4) is 0 Å². The quantitative estimate of drug-likeness (QED) is 0.557. The molecule has 0 spiro atoms. The summed E-state index contributed by atoms with van der Waals surface area (Å²) in [4.78, 5) is 16.6. The lowest BCUT2D eigenvalue weighted by atomic mass is 10.1. The lowest BCUT2D eigenvalue weighted by Gasteiger charge is -2.07. The van der Waals surface area contributed by atoms with Gasteiger partial charge in [0, 0.05) is 0 Å². The fourth-order valence-corrected chi connectivity index (χ4v) is 3.76. The van der Waals surface area contributed by atoms with E-state index in [1.54, 1.807) is 0 Å². The van der Waals surface area contributed by atoms with Crippen LogP contribution in [-0.2, 0) is 11.2 Å². The van der Waals surface area contributed by atoms with Crippen LogP contribution in [0.15, 0.2) is 46.9 Å². The molecule has 130 valence electrons. The molecule has 0 saturated heterocycles. The standard InChI is InChI=1S/C19H19BrN2O2S/c1-2-3-6-13-9-10-15-17(11-13)25-19(21-15)22-18(23)12-24-16-8-5-4-7-14(16)20/h4-5,7-11H,2-3,6,12H2,1H3,(H,21,22,23). The molecule has 1 heterocycles. The number of carbonyl (C=O) groups is 1. The molecule has 0 saturated carbocycles. The lowest BCUT2D eigenvalue weighted by Crippen LogP contribution is -2.20. The van der Waals surface area contributed by atoms with Crippen LogP contribution >= 0.6 is 27.3 Å². The molecule has 0 atom stereocenters. The van der Waals surface area contributed by atoms with Gasteiger partial charge in [-0.2, -0.15) is 0 Å². The summed E-state index contributed by atoms with van der Waals surface area (Å²) in [5.74, 6) is 0.420. The van der Waals surface area contributed by atoms with Gasteiger partial charge in [-0.3, -0.25) is 10.1 Å². The number of amides is 1. The largest absolute Gasteiger partial charge is 0.483 e. The Labute approximate surface area is 159 Å². The first-order chi connectivity index (χ1) is 12.2. The highest BCUT2D eigenvalue weighted by molar-refractivity contribution is 9.10. The van der Waals surface area contributed by atoms with Crippen LogP contribution in [0, 0.1) is 0 Å². The van der Waals surface area contributed by atoms with Gasteiger partial charge in [-0.05, 0) is 58.6 Å². The van der Waals surface area contributed by atoms with E-state index < -0.39 is 0 Å². The monoisotopic (exact) mass is 418 g/mol. The number of para-hydroxylation sites is 1. The van der Waals surface area contributed by atoms with Crippen molar-refractivity contribution in [2.45, 2.75) is 26.2 Å². The Hall–Kier alpha value is -1.92. The van der Waals surface area contributed by atoms with Gasteiger partial charge < -0.3 is 4.74 Å². The molecule has 4 nitrogen and oxygen atoms in total. The Morgan fingerprint density at radius 1 is 1.28 bits per heavy atom. The van der Waals surface area contributed by atoms with Crippen molar-refractivity contribution in [3.8, 4) is 5.75 Å². The van der Waals surface area contributed by atoms with Crippen LogP contribution in [0.5, 0.6) is 5.75 Å². The molecule has 3 rings (SSSR count). The minimum absolute atomic E-state index is 0.0553. The highest BCUT2D eigenvalue weighted by Gasteiger charge is 2.10. The summed E-state index contributed by atoms with van der Waals surface area (Å²) >= 11 is 4.88. The first kappa shape index (κ1) is 17.9. The van der Waals surface area contributed by atoms with Gasteiger partial charge in [0.15, 0.2) is 11.7 Å². The van der Waals surface area contributed by atoms with Crippen molar-refractivity contribution >= 4 is 48.5 Å². The van der Waals surface area contributed by atoms with Gasteiger partial charge in [0.2, 0.25) is 0 Å². The number of thiazole rings is 1. The number of anilines is 1. The number of hydrogen-bond donors (Lipinski definition) is 1. The van der Waals surface area contributed by atoms with Crippen LogP contribution in [0.1, 0.15) is 25.3 Å². The maximum atomic E-state index is 12.1. The molecule has 0 aliphatic rings. The number of carbonyl (C=O) groups excluding carboxylic acids is 1. The van der Waals surface area contributed by atoms with E-state index in [1.807, 2.05) is 30.3 Å². The van der Waals surface area contributed by atoms with E-state index in [9.17, 15) is 4.79 Å². The highest BCUT2D eigenvalue weighted by atomic mass is 79.9. The fourth-order valence-electron chi connectivity index (χ4n) is 2.42. The molecule has 0 fully saturated rings. The average molecular weight is 419 g/mol. The number of nitrogens with one attached hydrogen (secondary N) is 1. The number of aromatic nitrogens is 1. The van der Waals surface area contributed by atoms with Crippen molar-refractivity contribution in [2.75, 3.05) is 11.9 Å². The Morgan fingerprint density at radius 2 is 2.12 bits per heavy atom. The number of unbranched alkanes of at least 4 members (excludes halogenated alkanes) is 1. The Morgan fingerprint density at radius 3 is 2.92 bits per heavy atom. The van der Waals surface area contributed by atoms with Gasteiger partial charge >= 0.3 is 0 Å². The summed E-state index contributed by atoms with van der Waals surface area (Å²) < 4.78 is 7.44. The first-order valence-electron chi connectivity index (χ1n) is 8.22. The normalized spacial score (nSPS) is 10.8. The summed E-state index contributed by atoms with van der Waals surface area (Å²) in [7, 11) is 0. The molecule has 1 amide bonds. The zero-order chi connectivity index (χ0) is 17.6. The van der Waals surface area contributed by atoms with Gasteiger partial charge in [0.05, 0.1) is 14.7 Å². The maximum absolute atomic E-state index is 12.1. The maximum Gasteiger partial charge on any atom is 0.264 e. The predicted molar refractivity (Wildman–Crippen MR) is 106 cm³/mol. The molecule has 0 aliphatic heterocycles. The molecule has 25 heavy (non-hydrogen) atoms. The van der Waals surface area contributed by atoms with Crippen molar-refractivity contribution in [2.24, 2.45) is 0 Å². The van der Waals surface area contributed by atoms with Gasteiger partial charge in [-0.1, -0.05) is 42.9 Å². The number of hydrogen-bond acceptors (Lipinski definition) is 4. The summed E-state index contributed by atoms with van der Waals surface area (Å²) in [5.41, 5.74) is 2.22. The van der Waals surface area contributed by atoms with Crippen molar-refractivity contribution < 1.29 is 9.53 Å². The van der Waals surface area contributed by atoms with E-state index in [-0.39, 0.29) is 12.5 Å². The van der Waals surface area contributed by atoms with Crippen LogP contribution in [0.4, 0.5) is 5.13 Å². The van der Waals surface area contributed by atoms with Gasteiger partial charge in [-0.25, -0.2) is 4.98 Å². The number of rotatable bonds is 7. The molecule has 1 N–H and O–H groups in total. The second kappa shape index (κ2) is 8.45. The number of halogens is 1. The van der Waals surface area contributed by atoms with E-state index >= 15 is 0 Å². The Balaban J connectivity index is 1.62. The van der Waals surface area contributed by atoms with Crippen LogP contribution in [-0.4, -0.2) is 17.5 Å². The fraction of sp³-hybridized carbons (Fsp3) is 0.263. The van der Waals surface area contributed by atoms with E-state index in [1.165, 1.54) is 29.7 Å². The van der Waals surface area contributed by atoms with Crippen molar-refractivity contribution in [1.82, 2.24) is 4.98 Å². The van der Waals surface area contributed by atoms with Crippen molar-refractivity contribution in [1.29, 1.82) is 0 Å². The number of benzene rings is 2. The molecule has 6 heteroatoms. The third-order valence-corrected chi connectivity index (χ3v) is 5.30. The molecule has 0 bridgehead atoms. The van der Waals surface area contributed by atoms with Crippen molar-refractivity contribution in [3.63, 3.8) is 0 Å². The Kier molecular flexibility index (Phi) is 6.04. The van der Waals surface area contributed by atoms with Gasteiger partial charge in [0.25, 0.3) is 5.91 Å². The Bertz CT molecular complexity index is 879. The lowest BCUT2D eigenvalue weighted by molar-refractivity contribution is -0.118. The average Bonchev–Trinajstić information content (AvgIpc) is 3.00. The third kappa shape index (κ3) is 4.80. The number of fused-ring (bicyclic) bond motifs is 1. The third-order valence-electron chi connectivity index (χ3n) is 3.71. The van der Waals surface area contributed by atoms with Gasteiger partial charge in [0.1, 0.15) is 5.75 Å². The minimum Gasteiger partial charge on any atom is -0.483 e. The smallest absolute Gasteiger partial charge is 0.264 e. The summed E-state index contributed by atoms with van der Waals surface area (Å²) in [6.07, 6.45) is 3.44. The highest BCUT2D eigenvalue weighted by Crippen LogP contribution is 2.27. The summed E-state index contributed by atoms with van der Waals surface area (Å²) in [6.45, 7) is 2.13. The summed E-state index contributed by atoms with van der Waals surface area (Å²) in [5, 5.41) is 3.41. The van der Waals surface area contributed by atoms with E-state index in [0.717, 1.165) is 21.1 Å². The second-order valence-electron chi connectivity index (χ2n) is 5.69. The van der Waals surface area contributed by atoms with Crippen molar-refractivity contribution in [3.05, 3.63) is 52.5 Å². The molecule has 0 unspecified atom stereocenters. The zero-order valence-corrected chi connectivity index (χ0v) is 16.3. The molecule has 0 radical (unpaired) electrons. The zero-order valence-electron chi connectivity index (χ0n) is 13.9. The molecule has 3 aromatic rings. The van der Waals surface area contributed by atoms with Crippen LogP contribution in [0.25, 0.3) is 10.2 Å². The number of aryl methyl sites for hydroxylation is 1. The van der Waals surface area contributed by atoms with E-state index in [4.69, 9.17) is 4.74 Å². The van der Waals surface area contributed by atoms with E-state index in [2.05, 4.69) is 45.3 Å². The predicted octanol–water partition coefficient (Wildman–Crippen LogP) is 5.42. The minimum atomic E-state index is -0.221. The number of ether oxygens (including phenoxy) is 1. The molecule has 1 aromatic heterocycles. The molecular weight excluding hydrogens is 400 g/mol. The SMILES string of the molecule is CCCCc1ccc2nc(NC(=O)COc3ccccc3Br)sc2c1. The number of nitrogens with zero attached hydrogens (tertiary/aromatic N) is 1. The summed E-state index contributed by atoms with van der Waals surface area (Å²) in [6, 6.07) is 13.7. The molecule has 2 aromatic carbocycles. The topological polar surface area (TPSA) is 51.2 Å². The van der Waals surface area contributed by atoms with Crippen LogP contribution in [0.2, 0.25) is 0 Å². The van der Waals surface area contributed by atoms with Gasteiger partial charge in [-0.15, -0.1) is 0 Å². The van der Waals surface area contributed by atoms with E-state index in [0.29, 0.717) is 10.9 Å². The van der Waals surface area contributed by atoms with Crippen LogP contribution < -0.4 is 10.1 Å². The second-order valence-corrected chi connectivity index (χ2v) is 7.58.